The summed E-state index contributed by atoms with van der Waals surface area (Å²) in [6.45, 7) is 2.02. The van der Waals surface area contributed by atoms with Crippen LogP contribution in [0.4, 0.5) is 4.39 Å². The van der Waals surface area contributed by atoms with Crippen LogP contribution in [0.15, 0.2) is 42.5 Å². The zero-order chi connectivity index (χ0) is 20.2. The standard InChI is InChI=1S/C19H24FN2O4P/c1-6-25-19(23)15-9-7-14(8-10-15)17-13-16(20)11-12-18(17)26-27(24,21(2)3)22(4)5/h7-13H,6H2,1-5H3. The Morgan fingerprint density at radius 2 is 1.63 bits per heavy atom. The van der Waals surface area contributed by atoms with E-state index in [0.717, 1.165) is 0 Å². The second-order valence-corrected chi connectivity index (χ2v) is 8.98. The first-order chi connectivity index (χ1) is 12.7. The van der Waals surface area contributed by atoms with Gasteiger partial charge in [0.1, 0.15) is 11.6 Å². The third kappa shape index (κ3) is 4.75. The van der Waals surface area contributed by atoms with E-state index in [1.54, 1.807) is 59.4 Å². The van der Waals surface area contributed by atoms with Crippen LogP contribution in [0.2, 0.25) is 0 Å². The summed E-state index contributed by atoms with van der Waals surface area (Å²) < 4.78 is 40.8. The zero-order valence-corrected chi connectivity index (χ0v) is 17.0. The molecule has 0 heterocycles. The molecule has 0 radical (unpaired) electrons. The summed E-state index contributed by atoms with van der Waals surface area (Å²) in [5.74, 6) is -0.591. The van der Waals surface area contributed by atoms with Gasteiger partial charge < -0.3 is 9.26 Å². The van der Waals surface area contributed by atoms with E-state index in [4.69, 9.17) is 9.26 Å². The number of rotatable bonds is 7. The van der Waals surface area contributed by atoms with Gasteiger partial charge in [-0.1, -0.05) is 12.1 Å². The van der Waals surface area contributed by atoms with Crippen molar-refractivity contribution in [3.8, 4) is 16.9 Å². The number of benzene rings is 2. The SMILES string of the molecule is CCOC(=O)c1ccc(-c2cc(F)ccc2OP(=O)(N(C)C)N(C)C)cc1. The van der Waals surface area contributed by atoms with Crippen molar-refractivity contribution in [3.63, 3.8) is 0 Å². The summed E-state index contributed by atoms with van der Waals surface area (Å²) in [5, 5.41) is 0. The first kappa shape index (κ1) is 21.1. The highest BCUT2D eigenvalue weighted by Gasteiger charge is 2.32. The van der Waals surface area contributed by atoms with Crippen LogP contribution in [0.25, 0.3) is 11.1 Å². The van der Waals surface area contributed by atoms with Crippen LogP contribution in [0.5, 0.6) is 5.75 Å². The van der Waals surface area contributed by atoms with E-state index < -0.39 is 19.5 Å². The third-order valence-electron chi connectivity index (χ3n) is 3.88. The van der Waals surface area contributed by atoms with E-state index in [2.05, 4.69) is 0 Å². The van der Waals surface area contributed by atoms with Crippen LogP contribution in [-0.2, 0) is 9.30 Å². The van der Waals surface area contributed by atoms with Gasteiger partial charge >= 0.3 is 13.6 Å². The second kappa shape index (κ2) is 8.65. The van der Waals surface area contributed by atoms with Crippen molar-refractivity contribution in [3.05, 3.63) is 53.8 Å². The predicted molar refractivity (Wildman–Crippen MR) is 103 cm³/mol. The minimum atomic E-state index is -3.31. The van der Waals surface area contributed by atoms with Crippen molar-refractivity contribution in [2.24, 2.45) is 0 Å². The molecule has 0 bridgehead atoms. The lowest BCUT2D eigenvalue weighted by Gasteiger charge is -2.30. The van der Waals surface area contributed by atoms with Gasteiger partial charge in [-0.3, -0.25) is 0 Å². The Kier molecular flexibility index (Phi) is 6.76. The van der Waals surface area contributed by atoms with Crippen molar-refractivity contribution in [1.29, 1.82) is 0 Å². The molecule has 8 heteroatoms. The second-order valence-electron chi connectivity index (χ2n) is 6.21. The Labute approximate surface area is 159 Å². The quantitative estimate of drug-likeness (QED) is 0.516. The van der Waals surface area contributed by atoms with Crippen molar-refractivity contribution in [2.75, 3.05) is 34.8 Å². The molecule has 0 aliphatic rings. The molecule has 0 aliphatic carbocycles. The highest BCUT2D eigenvalue weighted by Crippen LogP contribution is 2.52. The van der Waals surface area contributed by atoms with Crippen LogP contribution < -0.4 is 4.52 Å². The third-order valence-corrected chi connectivity index (χ3v) is 6.33. The summed E-state index contributed by atoms with van der Waals surface area (Å²) in [6, 6.07) is 10.5. The Hall–Kier alpha value is -2.21. The number of hydrogen-bond donors (Lipinski definition) is 0. The fraction of sp³-hybridized carbons (Fsp3) is 0.316. The van der Waals surface area contributed by atoms with E-state index in [0.29, 0.717) is 16.7 Å². The molecule has 0 N–H and O–H groups in total. The molecular weight excluding hydrogens is 370 g/mol. The average Bonchev–Trinajstić information content (AvgIpc) is 2.63. The molecule has 146 valence electrons. The van der Waals surface area contributed by atoms with E-state index in [1.165, 1.54) is 27.5 Å². The van der Waals surface area contributed by atoms with Gasteiger partial charge in [0.05, 0.1) is 12.2 Å². The highest BCUT2D eigenvalue weighted by atomic mass is 31.2. The normalized spacial score (nSPS) is 11.7. The number of esters is 1. The number of nitrogens with zero attached hydrogens (tertiary/aromatic N) is 2. The molecular formula is C19H24FN2O4P. The maximum Gasteiger partial charge on any atom is 0.394 e. The van der Waals surface area contributed by atoms with Gasteiger partial charge in [0.15, 0.2) is 0 Å². The van der Waals surface area contributed by atoms with Crippen LogP contribution in [0.1, 0.15) is 17.3 Å². The van der Waals surface area contributed by atoms with Crippen LogP contribution in [-0.4, -0.2) is 50.1 Å². The smallest absolute Gasteiger partial charge is 0.394 e. The Morgan fingerprint density at radius 1 is 1.04 bits per heavy atom. The molecule has 2 aromatic rings. The monoisotopic (exact) mass is 394 g/mol. The Morgan fingerprint density at radius 3 is 2.15 bits per heavy atom. The van der Waals surface area contributed by atoms with E-state index in [1.807, 2.05) is 0 Å². The molecule has 0 aliphatic heterocycles. The van der Waals surface area contributed by atoms with E-state index >= 15 is 0 Å². The topological polar surface area (TPSA) is 59.1 Å². The first-order valence-corrected chi connectivity index (χ1v) is 9.94. The maximum absolute atomic E-state index is 13.9. The Balaban J connectivity index is 2.44. The van der Waals surface area contributed by atoms with Gasteiger partial charge in [-0.05, 0) is 71.0 Å². The molecule has 0 unspecified atom stereocenters. The fourth-order valence-electron chi connectivity index (χ4n) is 2.46. The van der Waals surface area contributed by atoms with Crippen molar-refractivity contribution in [1.82, 2.24) is 9.34 Å². The van der Waals surface area contributed by atoms with E-state index in [-0.39, 0.29) is 12.4 Å². The van der Waals surface area contributed by atoms with Gasteiger partial charge in [-0.2, -0.15) is 0 Å². The lowest BCUT2D eigenvalue weighted by atomic mass is 10.0. The Bertz CT molecular complexity index is 841. The molecule has 0 saturated carbocycles. The van der Waals surface area contributed by atoms with E-state index in [9.17, 15) is 13.8 Å². The zero-order valence-electron chi connectivity index (χ0n) is 16.1. The largest absolute Gasteiger partial charge is 0.462 e. The van der Waals surface area contributed by atoms with Crippen LogP contribution in [0, 0.1) is 5.82 Å². The van der Waals surface area contributed by atoms with Gasteiger partial charge in [0, 0.05) is 5.56 Å². The van der Waals surface area contributed by atoms with Crippen LogP contribution in [0.3, 0.4) is 0 Å². The highest BCUT2D eigenvalue weighted by molar-refractivity contribution is 7.54. The average molecular weight is 394 g/mol. The molecule has 0 amide bonds. The molecule has 27 heavy (non-hydrogen) atoms. The van der Waals surface area contributed by atoms with Crippen LogP contribution >= 0.6 is 7.67 Å². The molecule has 0 saturated heterocycles. The molecule has 2 aromatic carbocycles. The first-order valence-electron chi connectivity index (χ1n) is 8.41. The number of carbonyl (C=O) groups is 1. The summed E-state index contributed by atoms with van der Waals surface area (Å²) >= 11 is 0. The fourth-order valence-corrected chi connectivity index (χ4v) is 3.91. The minimum absolute atomic E-state index is 0.283. The van der Waals surface area contributed by atoms with Crippen molar-refractivity contribution < 1.29 is 23.0 Å². The molecule has 0 aromatic heterocycles. The van der Waals surface area contributed by atoms with Gasteiger partial charge in [-0.25, -0.2) is 23.1 Å². The van der Waals surface area contributed by atoms with Crippen molar-refractivity contribution in [2.45, 2.75) is 6.92 Å². The molecule has 0 atom stereocenters. The number of hydrogen-bond acceptors (Lipinski definition) is 4. The number of carbonyl (C=O) groups excluding carboxylic acids is 1. The predicted octanol–water partition coefficient (Wildman–Crippen LogP) is 4.28. The summed E-state index contributed by atoms with van der Waals surface area (Å²) in [5.41, 5.74) is 1.46. The minimum Gasteiger partial charge on any atom is -0.462 e. The number of ether oxygens (including phenoxy) is 1. The molecule has 0 spiro atoms. The molecule has 2 rings (SSSR count). The molecule has 0 fully saturated rings. The van der Waals surface area contributed by atoms with Gasteiger partial charge in [0.25, 0.3) is 0 Å². The summed E-state index contributed by atoms with van der Waals surface area (Å²) in [4.78, 5) is 11.8. The van der Waals surface area contributed by atoms with Gasteiger partial charge in [-0.15, -0.1) is 0 Å². The summed E-state index contributed by atoms with van der Waals surface area (Å²) in [7, 11) is 3.29. The number of halogens is 1. The summed E-state index contributed by atoms with van der Waals surface area (Å²) in [6.07, 6.45) is 0. The maximum atomic E-state index is 13.9. The van der Waals surface area contributed by atoms with Crippen molar-refractivity contribution >= 4 is 13.6 Å². The van der Waals surface area contributed by atoms with Gasteiger partial charge in [0.2, 0.25) is 0 Å². The lowest BCUT2D eigenvalue weighted by molar-refractivity contribution is 0.0526. The molecule has 6 nitrogen and oxygen atoms in total. The lowest BCUT2D eigenvalue weighted by Crippen LogP contribution is -2.24.